The molecule has 0 unspecified atom stereocenters. The van der Waals surface area contributed by atoms with Crippen LogP contribution in [-0.2, 0) is 6.54 Å². The molecule has 0 bridgehead atoms. The van der Waals surface area contributed by atoms with Crippen molar-refractivity contribution in [2.24, 2.45) is 0 Å². The highest BCUT2D eigenvalue weighted by Gasteiger charge is 2.07. The van der Waals surface area contributed by atoms with Gasteiger partial charge in [-0.1, -0.05) is 11.8 Å². The minimum Gasteiger partial charge on any atom is -0.384 e. The van der Waals surface area contributed by atoms with Gasteiger partial charge in [-0.15, -0.1) is 11.3 Å². The third kappa shape index (κ3) is 3.57. The van der Waals surface area contributed by atoms with Crippen molar-refractivity contribution in [3.05, 3.63) is 56.1 Å². The largest absolute Gasteiger partial charge is 0.384 e. The van der Waals surface area contributed by atoms with Crippen LogP contribution >= 0.6 is 11.3 Å². The van der Waals surface area contributed by atoms with Crippen molar-refractivity contribution in [2.45, 2.75) is 6.54 Å². The number of carbonyl (C=O) groups is 1. The summed E-state index contributed by atoms with van der Waals surface area (Å²) in [7, 11) is 0. The summed E-state index contributed by atoms with van der Waals surface area (Å²) < 4.78 is 0. The maximum absolute atomic E-state index is 11.9. The molecule has 0 radical (unpaired) electrons. The summed E-state index contributed by atoms with van der Waals surface area (Å²) in [5.41, 5.74) is 0.941. The monoisotopic (exact) mass is 288 g/mol. The summed E-state index contributed by atoms with van der Waals surface area (Å²) in [4.78, 5) is 26.2. The molecule has 3 N–H and O–H groups in total. The fraction of sp³-hybridized carbons (Fsp3) is 0.143. The lowest BCUT2D eigenvalue weighted by Crippen LogP contribution is -2.23. The SMILES string of the molecule is O=C(NCc1sccc1C#CCO)c1ccc(=O)[nH]c1. The molecule has 2 heterocycles. The summed E-state index contributed by atoms with van der Waals surface area (Å²) in [6, 6.07) is 4.61. The molecule has 5 nitrogen and oxygen atoms in total. The fourth-order valence-corrected chi connectivity index (χ4v) is 2.31. The van der Waals surface area contributed by atoms with Crippen LogP contribution in [0.3, 0.4) is 0 Å². The van der Waals surface area contributed by atoms with E-state index >= 15 is 0 Å². The number of aliphatic hydroxyl groups is 1. The molecule has 2 aromatic rings. The number of pyridine rings is 1. The standard InChI is InChI=1S/C14H12N2O3S/c17-6-1-2-10-5-7-20-12(10)9-16-14(19)11-3-4-13(18)15-8-11/h3-5,7-8,17H,6,9H2,(H,15,18)(H,16,19). The molecule has 0 aliphatic heterocycles. The van der Waals surface area contributed by atoms with E-state index in [2.05, 4.69) is 22.1 Å². The van der Waals surface area contributed by atoms with Crippen LogP contribution in [-0.4, -0.2) is 22.6 Å². The Labute approximate surface area is 119 Å². The maximum atomic E-state index is 11.9. The van der Waals surface area contributed by atoms with Crippen LogP contribution in [0.25, 0.3) is 0 Å². The van der Waals surface area contributed by atoms with Gasteiger partial charge in [0.05, 0.1) is 12.1 Å². The smallest absolute Gasteiger partial charge is 0.253 e. The van der Waals surface area contributed by atoms with E-state index in [1.54, 1.807) is 0 Å². The number of H-pyrrole nitrogens is 1. The van der Waals surface area contributed by atoms with Gasteiger partial charge in [0, 0.05) is 22.7 Å². The lowest BCUT2D eigenvalue weighted by atomic mass is 10.2. The van der Waals surface area contributed by atoms with Crippen molar-refractivity contribution >= 4 is 17.2 Å². The van der Waals surface area contributed by atoms with Crippen LogP contribution in [0, 0.1) is 11.8 Å². The van der Waals surface area contributed by atoms with Gasteiger partial charge in [0.1, 0.15) is 6.61 Å². The molecule has 2 rings (SSSR count). The van der Waals surface area contributed by atoms with Gasteiger partial charge in [0.25, 0.3) is 5.91 Å². The maximum Gasteiger partial charge on any atom is 0.253 e. The topological polar surface area (TPSA) is 82.2 Å². The molecule has 0 spiro atoms. The van der Waals surface area contributed by atoms with Crippen molar-refractivity contribution in [1.29, 1.82) is 0 Å². The van der Waals surface area contributed by atoms with Crippen LogP contribution < -0.4 is 10.9 Å². The highest BCUT2D eigenvalue weighted by molar-refractivity contribution is 7.10. The molecule has 2 aromatic heterocycles. The number of hydrogen-bond donors (Lipinski definition) is 3. The van der Waals surface area contributed by atoms with Gasteiger partial charge < -0.3 is 15.4 Å². The molecule has 6 heteroatoms. The van der Waals surface area contributed by atoms with Crippen molar-refractivity contribution in [2.75, 3.05) is 6.61 Å². The summed E-state index contributed by atoms with van der Waals surface area (Å²) in [5.74, 6) is 5.13. The fourth-order valence-electron chi connectivity index (χ4n) is 1.54. The van der Waals surface area contributed by atoms with Gasteiger partial charge in [-0.25, -0.2) is 0 Å². The zero-order valence-electron chi connectivity index (χ0n) is 10.5. The molecular formula is C14H12N2O3S. The second kappa shape index (κ2) is 6.70. The van der Waals surface area contributed by atoms with Gasteiger partial charge in [-0.3, -0.25) is 9.59 Å². The van der Waals surface area contributed by atoms with E-state index < -0.39 is 0 Å². The first-order valence-corrected chi connectivity index (χ1v) is 6.71. The number of hydrogen-bond acceptors (Lipinski definition) is 4. The van der Waals surface area contributed by atoms with E-state index in [0.29, 0.717) is 12.1 Å². The number of carbonyl (C=O) groups excluding carboxylic acids is 1. The van der Waals surface area contributed by atoms with E-state index in [4.69, 9.17) is 5.11 Å². The minimum absolute atomic E-state index is 0.195. The molecule has 0 fully saturated rings. The molecule has 20 heavy (non-hydrogen) atoms. The van der Waals surface area contributed by atoms with Crippen molar-refractivity contribution in [1.82, 2.24) is 10.3 Å². The lowest BCUT2D eigenvalue weighted by Gasteiger charge is -2.03. The molecular weight excluding hydrogens is 276 g/mol. The molecule has 0 atom stereocenters. The molecule has 0 aromatic carbocycles. The minimum atomic E-state index is -0.268. The number of thiophene rings is 1. The quantitative estimate of drug-likeness (QED) is 0.728. The predicted octanol–water partition coefficient (Wildman–Crippen LogP) is 0.710. The Morgan fingerprint density at radius 2 is 2.25 bits per heavy atom. The molecule has 0 aliphatic rings. The molecule has 0 aliphatic carbocycles. The number of aromatic nitrogens is 1. The summed E-state index contributed by atoms with van der Waals surface area (Å²) >= 11 is 1.48. The van der Waals surface area contributed by atoms with Crippen LogP contribution in [0.4, 0.5) is 0 Å². The van der Waals surface area contributed by atoms with Crippen LogP contribution in [0.1, 0.15) is 20.8 Å². The van der Waals surface area contributed by atoms with E-state index in [9.17, 15) is 9.59 Å². The lowest BCUT2D eigenvalue weighted by molar-refractivity contribution is 0.0951. The number of aliphatic hydroxyl groups excluding tert-OH is 1. The average Bonchev–Trinajstić information content (AvgIpc) is 2.90. The second-order valence-electron chi connectivity index (χ2n) is 3.84. The Morgan fingerprint density at radius 1 is 1.40 bits per heavy atom. The third-order valence-corrected chi connectivity index (χ3v) is 3.42. The van der Waals surface area contributed by atoms with Crippen molar-refractivity contribution in [3.8, 4) is 11.8 Å². The Bertz CT molecular complexity index is 701. The Morgan fingerprint density at radius 3 is 2.95 bits per heavy atom. The van der Waals surface area contributed by atoms with Gasteiger partial charge in [-0.05, 0) is 17.5 Å². The Kier molecular flexibility index (Phi) is 4.71. The van der Waals surface area contributed by atoms with Gasteiger partial charge in [-0.2, -0.15) is 0 Å². The first-order valence-electron chi connectivity index (χ1n) is 5.84. The van der Waals surface area contributed by atoms with Crippen LogP contribution in [0.15, 0.2) is 34.6 Å². The normalized spacial score (nSPS) is 9.65. The highest BCUT2D eigenvalue weighted by atomic mass is 32.1. The number of rotatable bonds is 3. The number of nitrogens with one attached hydrogen (secondary N) is 2. The average molecular weight is 288 g/mol. The third-order valence-electron chi connectivity index (χ3n) is 2.50. The van der Waals surface area contributed by atoms with Crippen molar-refractivity contribution < 1.29 is 9.90 Å². The summed E-state index contributed by atoms with van der Waals surface area (Å²) in [5, 5.41) is 13.3. The molecule has 1 amide bonds. The Balaban J connectivity index is 2.02. The van der Waals surface area contributed by atoms with E-state index in [1.807, 2.05) is 11.4 Å². The molecule has 0 saturated carbocycles. The van der Waals surface area contributed by atoms with E-state index in [0.717, 1.165) is 10.4 Å². The van der Waals surface area contributed by atoms with Gasteiger partial charge >= 0.3 is 0 Å². The molecule has 102 valence electrons. The first kappa shape index (κ1) is 14.1. The van der Waals surface area contributed by atoms with Gasteiger partial charge in [0.2, 0.25) is 5.56 Å². The van der Waals surface area contributed by atoms with Gasteiger partial charge in [0.15, 0.2) is 0 Å². The van der Waals surface area contributed by atoms with Crippen molar-refractivity contribution in [3.63, 3.8) is 0 Å². The predicted molar refractivity (Wildman–Crippen MR) is 76.5 cm³/mol. The Hall–Kier alpha value is -2.36. The van der Waals surface area contributed by atoms with Crippen LogP contribution in [0.2, 0.25) is 0 Å². The zero-order valence-corrected chi connectivity index (χ0v) is 11.3. The summed E-state index contributed by atoms with van der Waals surface area (Å²) in [6.07, 6.45) is 1.37. The van der Waals surface area contributed by atoms with E-state index in [1.165, 1.54) is 29.7 Å². The van der Waals surface area contributed by atoms with E-state index in [-0.39, 0.29) is 18.1 Å². The summed E-state index contributed by atoms with van der Waals surface area (Å²) in [6.45, 7) is 0.157. The number of amides is 1. The highest BCUT2D eigenvalue weighted by Crippen LogP contribution is 2.15. The second-order valence-corrected chi connectivity index (χ2v) is 4.84. The molecule has 0 saturated heterocycles. The number of aromatic amines is 1. The first-order chi connectivity index (χ1) is 9.70. The zero-order chi connectivity index (χ0) is 14.4. The van der Waals surface area contributed by atoms with Crippen LogP contribution in [0.5, 0.6) is 0 Å².